The van der Waals surface area contributed by atoms with Crippen molar-refractivity contribution in [2.45, 2.75) is 32.1 Å². The van der Waals surface area contributed by atoms with Gasteiger partial charge in [-0.3, -0.25) is 9.47 Å². The normalized spacial score (nSPS) is 16.8. The minimum absolute atomic E-state index is 0.400. The summed E-state index contributed by atoms with van der Waals surface area (Å²) in [6.45, 7) is 6.21. The molecule has 0 unspecified atom stereocenters. The number of ether oxygens (including phenoxy) is 1. The van der Waals surface area contributed by atoms with Crippen LogP contribution < -0.4 is 4.74 Å². The molecule has 0 N–H and O–H groups in total. The minimum Gasteiger partial charge on any atom is -0.496 e. The number of allylic oxidation sites excluding steroid dienone is 1. The van der Waals surface area contributed by atoms with Crippen molar-refractivity contribution in [1.29, 1.82) is 0 Å². The van der Waals surface area contributed by atoms with E-state index in [-0.39, 0.29) is 0 Å². The van der Waals surface area contributed by atoms with Crippen LogP contribution in [0.4, 0.5) is 0 Å². The maximum atomic E-state index is 5.80. The quantitative estimate of drug-likeness (QED) is 0.405. The van der Waals surface area contributed by atoms with E-state index >= 15 is 0 Å². The van der Waals surface area contributed by atoms with Crippen molar-refractivity contribution in [3.8, 4) is 17.1 Å². The lowest BCUT2D eigenvalue weighted by Crippen LogP contribution is -2.27. The molecule has 1 saturated heterocycles. The number of nitrogens with zero attached hydrogens (tertiary/aromatic N) is 4. The van der Waals surface area contributed by atoms with Crippen molar-refractivity contribution in [2.24, 2.45) is 0 Å². The van der Waals surface area contributed by atoms with E-state index in [1.165, 1.54) is 12.0 Å². The Morgan fingerprint density at radius 1 is 1.17 bits per heavy atom. The molecule has 1 aliphatic heterocycles. The predicted molar refractivity (Wildman–Crippen MR) is 118 cm³/mol. The van der Waals surface area contributed by atoms with Crippen LogP contribution in [-0.2, 0) is 13.2 Å². The number of para-hydroxylation sites is 1. The molecule has 0 spiro atoms. The van der Waals surface area contributed by atoms with Gasteiger partial charge in [0.2, 0.25) is 0 Å². The summed E-state index contributed by atoms with van der Waals surface area (Å²) in [5.74, 6) is 1.59. The zero-order valence-corrected chi connectivity index (χ0v) is 17.5. The molecular weight excluding hydrogens is 380 g/mol. The molecule has 1 aliphatic rings. The molecule has 29 heavy (non-hydrogen) atoms. The second-order valence-electron chi connectivity index (χ2n) is 7.23. The van der Waals surface area contributed by atoms with Crippen LogP contribution in [0.1, 0.15) is 24.4 Å². The fourth-order valence-electron chi connectivity index (χ4n) is 4.08. The van der Waals surface area contributed by atoms with Crippen LogP contribution >= 0.6 is 12.2 Å². The van der Waals surface area contributed by atoms with Gasteiger partial charge < -0.3 is 4.74 Å². The summed E-state index contributed by atoms with van der Waals surface area (Å²) in [4.78, 5) is 2.46. The number of hydrogen-bond donors (Lipinski definition) is 0. The van der Waals surface area contributed by atoms with Crippen molar-refractivity contribution < 1.29 is 4.74 Å². The summed E-state index contributed by atoms with van der Waals surface area (Å²) in [5.41, 5.74) is 2.29. The van der Waals surface area contributed by atoms with Gasteiger partial charge in [0.25, 0.3) is 0 Å². The van der Waals surface area contributed by atoms with Gasteiger partial charge in [0.1, 0.15) is 5.75 Å². The average Bonchev–Trinajstić information content (AvgIpc) is 3.35. The SMILES string of the molecule is C=CCn1c(-c2ccccc2OC)nn(CN2CCC[C@H]2c2ccccc2)c1=S. The Morgan fingerprint density at radius 2 is 1.93 bits per heavy atom. The fourth-order valence-corrected chi connectivity index (χ4v) is 4.34. The van der Waals surface area contributed by atoms with Crippen molar-refractivity contribution in [2.75, 3.05) is 13.7 Å². The van der Waals surface area contributed by atoms with Gasteiger partial charge in [-0.15, -0.1) is 6.58 Å². The molecule has 2 aromatic carbocycles. The van der Waals surface area contributed by atoms with Gasteiger partial charge in [-0.05, 0) is 42.8 Å². The van der Waals surface area contributed by atoms with Crippen LogP contribution in [0, 0.1) is 4.77 Å². The third-order valence-electron chi connectivity index (χ3n) is 5.45. The van der Waals surface area contributed by atoms with Gasteiger partial charge >= 0.3 is 0 Å². The molecule has 0 bridgehead atoms. The van der Waals surface area contributed by atoms with Crippen LogP contribution in [0.2, 0.25) is 0 Å². The topological polar surface area (TPSA) is 35.2 Å². The van der Waals surface area contributed by atoms with Crippen LogP contribution in [0.15, 0.2) is 67.3 Å². The summed E-state index contributed by atoms with van der Waals surface area (Å²) in [6, 6.07) is 19.0. The molecule has 5 nitrogen and oxygen atoms in total. The third kappa shape index (κ3) is 3.91. The van der Waals surface area contributed by atoms with Crippen molar-refractivity contribution in [1.82, 2.24) is 19.2 Å². The van der Waals surface area contributed by atoms with E-state index in [2.05, 4.69) is 41.8 Å². The largest absolute Gasteiger partial charge is 0.496 e. The van der Waals surface area contributed by atoms with Gasteiger partial charge in [-0.25, -0.2) is 4.68 Å². The Kier molecular flexibility index (Phi) is 5.92. The van der Waals surface area contributed by atoms with Gasteiger partial charge in [0.05, 0.1) is 19.3 Å². The van der Waals surface area contributed by atoms with E-state index in [9.17, 15) is 0 Å². The molecule has 6 heteroatoms. The van der Waals surface area contributed by atoms with Gasteiger partial charge in [-0.1, -0.05) is 48.5 Å². The first-order chi connectivity index (χ1) is 14.2. The number of benzene rings is 2. The van der Waals surface area contributed by atoms with Crippen LogP contribution in [0.25, 0.3) is 11.4 Å². The van der Waals surface area contributed by atoms with E-state index in [0.29, 0.717) is 24.0 Å². The van der Waals surface area contributed by atoms with Crippen LogP contribution in [-0.4, -0.2) is 32.9 Å². The Labute approximate surface area is 176 Å². The highest BCUT2D eigenvalue weighted by Crippen LogP contribution is 2.33. The summed E-state index contributed by atoms with van der Waals surface area (Å²) in [5, 5.41) is 4.90. The summed E-state index contributed by atoms with van der Waals surface area (Å²) < 4.78 is 10.2. The lowest BCUT2D eigenvalue weighted by molar-refractivity contribution is 0.190. The van der Waals surface area contributed by atoms with Gasteiger partial charge in [0, 0.05) is 19.1 Å². The van der Waals surface area contributed by atoms with Crippen molar-refractivity contribution in [3.05, 3.63) is 77.6 Å². The second-order valence-corrected chi connectivity index (χ2v) is 7.59. The van der Waals surface area contributed by atoms with Gasteiger partial charge in [-0.2, -0.15) is 5.10 Å². The van der Waals surface area contributed by atoms with Crippen LogP contribution in [0.3, 0.4) is 0 Å². The number of rotatable bonds is 7. The first-order valence-electron chi connectivity index (χ1n) is 9.94. The van der Waals surface area contributed by atoms with Crippen LogP contribution in [0.5, 0.6) is 5.75 Å². The van der Waals surface area contributed by atoms with Crippen molar-refractivity contribution in [3.63, 3.8) is 0 Å². The van der Waals surface area contributed by atoms with E-state index in [1.807, 2.05) is 39.6 Å². The molecular formula is C23H26N4OS. The number of likely N-dealkylation sites (tertiary alicyclic amines) is 1. The molecule has 1 aromatic heterocycles. The molecule has 3 aromatic rings. The maximum absolute atomic E-state index is 5.80. The number of aromatic nitrogens is 3. The minimum atomic E-state index is 0.400. The Hall–Kier alpha value is -2.70. The Bertz CT molecular complexity index is 1040. The molecule has 1 atom stereocenters. The van der Waals surface area contributed by atoms with Gasteiger partial charge in [0.15, 0.2) is 10.6 Å². The number of hydrogen-bond acceptors (Lipinski definition) is 4. The lowest BCUT2D eigenvalue weighted by atomic mass is 10.1. The van der Waals surface area contributed by atoms with E-state index < -0.39 is 0 Å². The smallest absolute Gasteiger partial charge is 0.199 e. The standard InChI is InChI=1S/C23H26N4OS/c1-3-15-26-22(19-12-7-8-14-21(19)28-2)24-27(23(26)29)17-25-16-9-13-20(25)18-10-5-4-6-11-18/h3-8,10-12,14,20H,1,9,13,15-17H2,2H3/t20-/m0/s1. The average molecular weight is 407 g/mol. The lowest BCUT2D eigenvalue weighted by Gasteiger charge is -2.24. The van der Waals surface area contributed by atoms with E-state index in [0.717, 1.165) is 30.1 Å². The monoisotopic (exact) mass is 406 g/mol. The molecule has 2 heterocycles. The summed E-state index contributed by atoms with van der Waals surface area (Å²) >= 11 is 5.80. The first-order valence-corrected chi connectivity index (χ1v) is 10.3. The molecule has 0 aliphatic carbocycles. The van der Waals surface area contributed by atoms with E-state index in [4.69, 9.17) is 22.1 Å². The second kappa shape index (κ2) is 8.76. The molecule has 0 amide bonds. The molecule has 0 radical (unpaired) electrons. The highest BCUT2D eigenvalue weighted by molar-refractivity contribution is 7.71. The zero-order valence-electron chi connectivity index (χ0n) is 16.7. The Morgan fingerprint density at radius 3 is 2.69 bits per heavy atom. The molecule has 1 fully saturated rings. The molecule has 4 rings (SSSR count). The highest BCUT2D eigenvalue weighted by Gasteiger charge is 2.27. The first kappa shape index (κ1) is 19.6. The Balaban J connectivity index is 1.70. The molecule has 0 saturated carbocycles. The van der Waals surface area contributed by atoms with E-state index in [1.54, 1.807) is 7.11 Å². The number of methoxy groups -OCH3 is 1. The maximum Gasteiger partial charge on any atom is 0.199 e. The predicted octanol–water partition coefficient (Wildman–Crippen LogP) is 5.07. The summed E-state index contributed by atoms with van der Waals surface area (Å²) in [6.07, 6.45) is 4.19. The zero-order chi connectivity index (χ0) is 20.2. The van der Waals surface area contributed by atoms with Crippen molar-refractivity contribution >= 4 is 12.2 Å². The fraction of sp³-hybridized carbons (Fsp3) is 0.304. The molecule has 150 valence electrons. The third-order valence-corrected chi connectivity index (χ3v) is 5.88. The highest BCUT2D eigenvalue weighted by atomic mass is 32.1. The summed E-state index contributed by atoms with van der Waals surface area (Å²) in [7, 11) is 1.68.